The fourth-order valence-electron chi connectivity index (χ4n) is 2.15. The van der Waals surface area contributed by atoms with Crippen molar-refractivity contribution in [3.05, 3.63) is 59.9 Å². The van der Waals surface area contributed by atoms with Gasteiger partial charge in [-0.3, -0.25) is 4.79 Å². The molecule has 2 aromatic carbocycles. The van der Waals surface area contributed by atoms with E-state index in [2.05, 4.69) is 5.32 Å². The van der Waals surface area contributed by atoms with Crippen molar-refractivity contribution in [2.75, 3.05) is 11.1 Å². The molecule has 1 atom stereocenters. The van der Waals surface area contributed by atoms with E-state index in [0.29, 0.717) is 5.69 Å². The molecule has 2 rings (SSSR count). The summed E-state index contributed by atoms with van der Waals surface area (Å²) in [6.45, 7) is 2.96. The summed E-state index contributed by atoms with van der Waals surface area (Å²) in [5.41, 5.74) is -0.775. The third-order valence-corrected chi connectivity index (χ3v) is 5.34. The van der Waals surface area contributed by atoms with Gasteiger partial charge in [-0.25, -0.2) is 12.8 Å². The molecular weight excluding hydrogens is 333 g/mol. The van der Waals surface area contributed by atoms with Crippen LogP contribution in [0.25, 0.3) is 0 Å². The van der Waals surface area contributed by atoms with Crippen LogP contribution in [-0.4, -0.2) is 30.8 Å². The van der Waals surface area contributed by atoms with Crippen molar-refractivity contribution < 1.29 is 22.7 Å². The predicted octanol–water partition coefficient (Wildman–Crippen LogP) is 2.30. The van der Waals surface area contributed by atoms with E-state index in [4.69, 9.17) is 0 Å². The molecule has 1 unspecified atom stereocenters. The van der Waals surface area contributed by atoms with E-state index in [1.165, 1.54) is 0 Å². The van der Waals surface area contributed by atoms with Crippen molar-refractivity contribution in [2.45, 2.75) is 24.3 Å². The Bertz CT molecular complexity index is 845. The first-order chi connectivity index (χ1) is 11.1. The predicted molar refractivity (Wildman–Crippen MR) is 88.9 cm³/mol. The second kappa shape index (κ2) is 6.70. The highest BCUT2D eigenvalue weighted by atomic mass is 32.2. The topological polar surface area (TPSA) is 83.5 Å². The normalized spacial score (nSPS) is 14.0. The Morgan fingerprint density at radius 3 is 2.42 bits per heavy atom. The highest BCUT2D eigenvalue weighted by molar-refractivity contribution is 7.91. The number of sulfone groups is 1. The lowest BCUT2D eigenvalue weighted by molar-refractivity contribution is -0.130. The van der Waals surface area contributed by atoms with E-state index < -0.39 is 32.9 Å². The van der Waals surface area contributed by atoms with E-state index in [1.807, 2.05) is 13.0 Å². The summed E-state index contributed by atoms with van der Waals surface area (Å²) in [5, 5.41) is 12.8. The highest BCUT2D eigenvalue weighted by Gasteiger charge is 2.36. The van der Waals surface area contributed by atoms with E-state index in [1.54, 1.807) is 18.2 Å². The van der Waals surface area contributed by atoms with Gasteiger partial charge in [0.15, 0.2) is 15.4 Å². The number of rotatable bonds is 5. The van der Waals surface area contributed by atoms with E-state index in [9.17, 15) is 22.7 Å². The molecule has 2 N–H and O–H groups in total. The molecule has 0 aliphatic heterocycles. The molecule has 0 saturated heterocycles. The summed E-state index contributed by atoms with van der Waals surface area (Å²) in [6, 6.07) is 11.1. The molecule has 7 heteroatoms. The lowest BCUT2D eigenvalue weighted by Crippen LogP contribution is -2.45. The Hall–Kier alpha value is -2.25. The molecule has 0 aromatic heterocycles. The van der Waals surface area contributed by atoms with Crippen molar-refractivity contribution in [1.29, 1.82) is 0 Å². The number of benzene rings is 2. The fourth-order valence-corrected chi connectivity index (χ4v) is 3.74. The van der Waals surface area contributed by atoms with Crippen LogP contribution in [0.3, 0.4) is 0 Å². The maximum atomic E-state index is 12.9. The zero-order chi connectivity index (χ0) is 18.0. The Morgan fingerprint density at radius 2 is 1.83 bits per heavy atom. The summed E-state index contributed by atoms with van der Waals surface area (Å²) in [4.78, 5) is 12.1. The molecule has 2 aromatic rings. The number of aryl methyl sites for hydroxylation is 1. The number of hydrogen-bond donors (Lipinski definition) is 2. The highest BCUT2D eigenvalue weighted by Crippen LogP contribution is 2.19. The number of carbonyl (C=O) groups excluding carboxylic acids is 1. The number of anilines is 1. The zero-order valence-electron chi connectivity index (χ0n) is 13.3. The second-order valence-electron chi connectivity index (χ2n) is 5.81. The average Bonchev–Trinajstić information content (AvgIpc) is 2.46. The van der Waals surface area contributed by atoms with Gasteiger partial charge in [-0.15, -0.1) is 0 Å². The molecule has 0 fully saturated rings. The summed E-state index contributed by atoms with van der Waals surface area (Å²) >= 11 is 0. The minimum atomic E-state index is -3.96. The van der Waals surface area contributed by atoms with Crippen LogP contribution in [0.15, 0.2) is 53.4 Å². The van der Waals surface area contributed by atoms with Gasteiger partial charge >= 0.3 is 0 Å². The van der Waals surface area contributed by atoms with Crippen LogP contribution >= 0.6 is 0 Å². The van der Waals surface area contributed by atoms with E-state index >= 15 is 0 Å². The van der Waals surface area contributed by atoms with Gasteiger partial charge in [0.1, 0.15) is 5.82 Å². The quantitative estimate of drug-likeness (QED) is 0.810. The SMILES string of the molecule is Cc1cccc(NC(=O)C(C)(O)CS(=O)(=O)c2ccc(F)cc2)c1. The van der Waals surface area contributed by atoms with Crippen molar-refractivity contribution in [1.82, 2.24) is 0 Å². The van der Waals surface area contributed by atoms with Gasteiger partial charge in [0.2, 0.25) is 0 Å². The fraction of sp³-hybridized carbons (Fsp3) is 0.235. The zero-order valence-corrected chi connectivity index (χ0v) is 14.1. The molecule has 0 spiro atoms. The van der Waals surface area contributed by atoms with Crippen LogP contribution in [0.1, 0.15) is 12.5 Å². The average molecular weight is 351 g/mol. The van der Waals surface area contributed by atoms with Crippen molar-refractivity contribution in [3.8, 4) is 0 Å². The summed E-state index contributed by atoms with van der Waals surface area (Å²) in [5.74, 6) is -2.22. The molecule has 0 heterocycles. The summed E-state index contributed by atoms with van der Waals surface area (Å²) in [6.07, 6.45) is 0. The number of nitrogens with one attached hydrogen (secondary N) is 1. The van der Waals surface area contributed by atoms with Crippen molar-refractivity contribution in [2.24, 2.45) is 0 Å². The van der Waals surface area contributed by atoms with E-state index in [0.717, 1.165) is 36.8 Å². The Morgan fingerprint density at radius 1 is 1.21 bits per heavy atom. The molecular formula is C17H18FNO4S. The largest absolute Gasteiger partial charge is 0.379 e. The number of amides is 1. The van der Waals surface area contributed by atoms with Crippen molar-refractivity contribution >= 4 is 21.4 Å². The molecule has 0 saturated carbocycles. The minimum Gasteiger partial charge on any atom is -0.379 e. The van der Waals surface area contributed by atoms with Crippen LogP contribution in [0.2, 0.25) is 0 Å². The molecule has 1 amide bonds. The van der Waals surface area contributed by atoms with Gasteiger partial charge in [0, 0.05) is 5.69 Å². The van der Waals surface area contributed by atoms with Crippen LogP contribution in [0.4, 0.5) is 10.1 Å². The lowest BCUT2D eigenvalue weighted by Gasteiger charge is -2.22. The van der Waals surface area contributed by atoms with Crippen molar-refractivity contribution in [3.63, 3.8) is 0 Å². The number of halogens is 1. The monoisotopic (exact) mass is 351 g/mol. The molecule has 128 valence electrons. The van der Waals surface area contributed by atoms with Crippen LogP contribution in [0.5, 0.6) is 0 Å². The Labute approximate surface area is 140 Å². The van der Waals surface area contributed by atoms with Gasteiger partial charge in [-0.1, -0.05) is 12.1 Å². The Balaban J connectivity index is 2.17. The maximum absolute atomic E-state index is 12.9. The standard InChI is InChI=1S/C17H18FNO4S/c1-12-4-3-5-14(10-12)19-16(20)17(2,21)11-24(22,23)15-8-6-13(18)7-9-15/h3-10,21H,11H2,1-2H3,(H,19,20). The number of carbonyl (C=O) groups is 1. The van der Waals surface area contributed by atoms with Gasteiger partial charge in [-0.05, 0) is 55.8 Å². The first-order valence-electron chi connectivity index (χ1n) is 7.19. The van der Waals surface area contributed by atoms with E-state index in [-0.39, 0.29) is 4.90 Å². The maximum Gasteiger partial charge on any atom is 0.257 e. The molecule has 0 bridgehead atoms. The third kappa shape index (κ3) is 4.39. The van der Waals surface area contributed by atoms with Gasteiger partial charge in [0.05, 0.1) is 10.6 Å². The van der Waals surface area contributed by atoms with Crippen LogP contribution < -0.4 is 5.32 Å². The first-order valence-corrected chi connectivity index (χ1v) is 8.84. The van der Waals surface area contributed by atoms with Gasteiger partial charge in [0.25, 0.3) is 5.91 Å². The number of aliphatic hydroxyl groups is 1. The second-order valence-corrected chi connectivity index (χ2v) is 7.80. The smallest absolute Gasteiger partial charge is 0.257 e. The first kappa shape index (κ1) is 18.1. The molecule has 0 radical (unpaired) electrons. The molecule has 24 heavy (non-hydrogen) atoms. The summed E-state index contributed by atoms with van der Waals surface area (Å²) < 4.78 is 37.5. The van der Waals surface area contributed by atoms with Crippen LogP contribution in [-0.2, 0) is 14.6 Å². The molecule has 0 aliphatic carbocycles. The summed E-state index contributed by atoms with van der Waals surface area (Å²) in [7, 11) is -3.96. The van der Waals surface area contributed by atoms with Gasteiger partial charge in [-0.2, -0.15) is 0 Å². The van der Waals surface area contributed by atoms with Crippen LogP contribution in [0, 0.1) is 12.7 Å². The Kier molecular flexibility index (Phi) is 5.05. The van der Waals surface area contributed by atoms with Gasteiger partial charge < -0.3 is 10.4 Å². The lowest BCUT2D eigenvalue weighted by atomic mass is 10.1. The molecule has 0 aliphatic rings. The third-order valence-electron chi connectivity index (χ3n) is 3.41. The minimum absolute atomic E-state index is 0.160. The number of hydrogen-bond acceptors (Lipinski definition) is 4. The molecule has 5 nitrogen and oxygen atoms in total.